The molecule has 0 saturated carbocycles. The van der Waals surface area contributed by atoms with Gasteiger partial charge < -0.3 is 15.3 Å². The largest absolute Gasteiger partial charge is 0.391 e. The van der Waals surface area contributed by atoms with Crippen molar-refractivity contribution in [3.63, 3.8) is 0 Å². The molecule has 6 nitrogen and oxygen atoms in total. The van der Waals surface area contributed by atoms with Gasteiger partial charge in [0.1, 0.15) is 11.5 Å². The van der Waals surface area contributed by atoms with Gasteiger partial charge in [-0.25, -0.2) is 14.4 Å². The molecule has 2 aromatic rings. The first-order valence-corrected chi connectivity index (χ1v) is 7.76. The van der Waals surface area contributed by atoms with Gasteiger partial charge in [-0.15, -0.1) is 0 Å². The third-order valence-electron chi connectivity index (χ3n) is 4.09. The zero-order chi connectivity index (χ0) is 17.3. The maximum absolute atomic E-state index is 13.1. The van der Waals surface area contributed by atoms with Gasteiger partial charge in [-0.05, 0) is 37.1 Å². The highest BCUT2D eigenvalue weighted by Gasteiger charge is 2.36. The van der Waals surface area contributed by atoms with E-state index >= 15 is 0 Å². The van der Waals surface area contributed by atoms with Gasteiger partial charge in [-0.3, -0.25) is 4.79 Å². The molecule has 1 aromatic heterocycles. The third kappa shape index (κ3) is 3.21. The van der Waals surface area contributed by atoms with Crippen molar-refractivity contribution in [2.75, 3.05) is 18.9 Å². The molecule has 2 N–H and O–H groups in total. The minimum atomic E-state index is -0.615. The molecule has 1 amide bonds. The first kappa shape index (κ1) is 16.3. The number of aromatic nitrogens is 2. The van der Waals surface area contributed by atoms with Crippen molar-refractivity contribution in [2.24, 2.45) is 0 Å². The number of hydrogen-bond acceptors (Lipinski definition) is 5. The molecule has 1 fully saturated rings. The summed E-state index contributed by atoms with van der Waals surface area (Å²) in [4.78, 5) is 22.9. The monoisotopic (exact) mass is 330 g/mol. The average molecular weight is 330 g/mol. The molecular weight excluding hydrogens is 311 g/mol. The maximum atomic E-state index is 13.1. The summed E-state index contributed by atoms with van der Waals surface area (Å²) in [6.07, 6.45) is -0.198. The SMILES string of the molecule is CNc1nc(C)cc(C(=O)N2C[C@H](O)C[C@H]2c2ccc(F)cc2)n1. The molecule has 24 heavy (non-hydrogen) atoms. The second-order valence-corrected chi connectivity index (χ2v) is 5.88. The molecule has 0 bridgehead atoms. The number of aliphatic hydroxyl groups excluding tert-OH is 1. The summed E-state index contributed by atoms with van der Waals surface area (Å²) >= 11 is 0. The Morgan fingerprint density at radius 1 is 1.33 bits per heavy atom. The number of aliphatic hydroxyl groups is 1. The minimum Gasteiger partial charge on any atom is -0.391 e. The number of carbonyl (C=O) groups excluding carboxylic acids is 1. The fraction of sp³-hybridized carbons (Fsp3) is 0.353. The Balaban J connectivity index is 1.92. The van der Waals surface area contributed by atoms with Gasteiger partial charge in [-0.2, -0.15) is 0 Å². The van der Waals surface area contributed by atoms with Crippen LogP contribution in [0.5, 0.6) is 0 Å². The molecular formula is C17H19FN4O2. The quantitative estimate of drug-likeness (QED) is 0.899. The number of aryl methyl sites for hydroxylation is 1. The van der Waals surface area contributed by atoms with Crippen molar-refractivity contribution in [1.29, 1.82) is 0 Å². The van der Waals surface area contributed by atoms with Crippen LogP contribution in [0.4, 0.5) is 10.3 Å². The Bertz CT molecular complexity index is 751. The Morgan fingerprint density at radius 3 is 2.71 bits per heavy atom. The van der Waals surface area contributed by atoms with E-state index in [1.54, 1.807) is 37.1 Å². The van der Waals surface area contributed by atoms with Crippen molar-refractivity contribution < 1.29 is 14.3 Å². The number of β-amino-alcohol motifs (C(OH)–C–C–N with tert-alkyl or cyclic N) is 1. The minimum absolute atomic E-state index is 0.221. The van der Waals surface area contributed by atoms with E-state index in [1.165, 1.54) is 12.1 Å². The number of nitrogens with zero attached hydrogens (tertiary/aromatic N) is 3. The Kier molecular flexibility index (Phi) is 4.44. The van der Waals surface area contributed by atoms with E-state index in [0.717, 1.165) is 5.56 Å². The van der Waals surface area contributed by atoms with Crippen LogP contribution in [0.2, 0.25) is 0 Å². The fourth-order valence-corrected chi connectivity index (χ4v) is 2.98. The molecule has 1 aliphatic heterocycles. The molecule has 2 atom stereocenters. The van der Waals surface area contributed by atoms with Gasteiger partial charge in [0.2, 0.25) is 5.95 Å². The molecule has 1 aliphatic rings. The molecule has 7 heteroatoms. The highest BCUT2D eigenvalue weighted by atomic mass is 19.1. The Labute approximate surface area is 139 Å². The number of anilines is 1. The molecule has 1 saturated heterocycles. The summed E-state index contributed by atoms with van der Waals surface area (Å²) < 4.78 is 13.1. The lowest BCUT2D eigenvalue weighted by atomic mass is 10.0. The Hall–Kier alpha value is -2.54. The van der Waals surface area contributed by atoms with Crippen LogP contribution >= 0.6 is 0 Å². The highest BCUT2D eigenvalue weighted by molar-refractivity contribution is 5.93. The predicted octanol–water partition coefficient (Wildman–Crippen LogP) is 1.91. The zero-order valence-corrected chi connectivity index (χ0v) is 13.5. The number of hydrogen-bond donors (Lipinski definition) is 2. The van der Waals surface area contributed by atoms with E-state index in [-0.39, 0.29) is 30.0 Å². The van der Waals surface area contributed by atoms with Crippen LogP contribution in [0.25, 0.3) is 0 Å². The second kappa shape index (κ2) is 6.52. The molecule has 126 valence electrons. The van der Waals surface area contributed by atoms with Gasteiger partial charge >= 0.3 is 0 Å². The maximum Gasteiger partial charge on any atom is 0.273 e. The van der Waals surface area contributed by atoms with Crippen LogP contribution in [-0.4, -0.2) is 45.6 Å². The summed E-state index contributed by atoms with van der Waals surface area (Å²) in [6.45, 7) is 2.01. The standard InChI is InChI=1S/C17H19FN4O2/c1-10-7-14(21-17(19-2)20-10)16(24)22-9-13(23)8-15(22)11-3-5-12(18)6-4-11/h3-7,13,15,23H,8-9H2,1-2H3,(H,19,20,21)/t13-,15+/m1/s1. The predicted molar refractivity (Wildman–Crippen MR) is 87.1 cm³/mol. The lowest BCUT2D eigenvalue weighted by Crippen LogP contribution is -2.32. The molecule has 0 aliphatic carbocycles. The average Bonchev–Trinajstić information content (AvgIpc) is 2.96. The lowest BCUT2D eigenvalue weighted by Gasteiger charge is -2.24. The van der Waals surface area contributed by atoms with Crippen LogP contribution in [0.15, 0.2) is 30.3 Å². The topological polar surface area (TPSA) is 78.4 Å². The summed E-state index contributed by atoms with van der Waals surface area (Å²) in [7, 11) is 1.68. The van der Waals surface area contributed by atoms with Crippen molar-refractivity contribution >= 4 is 11.9 Å². The smallest absolute Gasteiger partial charge is 0.273 e. The molecule has 0 radical (unpaired) electrons. The molecule has 2 heterocycles. The van der Waals surface area contributed by atoms with Gasteiger partial charge in [0, 0.05) is 19.3 Å². The van der Waals surface area contributed by atoms with E-state index in [9.17, 15) is 14.3 Å². The second-order valence-electron chi connectivity index (χ2n) is 5.88. The summed E-state index contributed by atoms with van der Waals surface area (Å²) in [5.41, 5.74) is 1.74. The van der Waals surface area contributed by atoms with Crippen molar-refractivity contribution in [1.82, 2.24) is 14.9 Å². The van der Waals surface area contributed by atoms with E-state index in [2.05, 4.69) is 15.3 Å². The van der Waals surface area contributed by atoms with E-state index in [1.807, 2.05) is 0 Å². The normalized spacial score (nSPS) is 20.2. The summed E-state index contributed by atoms with van der Waals surface area (Å²) in [5.74, 6) is -0.237. The number of amides is 1. The fourth-order valence-electron chi connectivity index (χ4n) is 2.98. The Morgan fingerprint density at radius 2 is 2.04 bits per heavy atom. The number of nitrogens with one attached hydrogen (secondary N) is 1. The molecule has 0 spiro atoms. The molecule has 0 unspecified atom stereocenters. The van der Waals surface area contributed by atoms with Crippen LogP contribution in [0.3, 0.4) is 0 Å². The number of carbonyl (C=O) groups is 1. The van der Waals surface area contributed by atoms with E-state index in [4.69, 9.17) is 0 Å². The number of benzene rings is 1. The lowest BCUT2D eigenvalue weighted by molar-refractivity contribution is 0.0709. The molecule has 3 rings (SSSR count). The molecule has 1 aromatic carbocycles. The van der Waals surface area contributed by atoms with Crippen LogP contribution in [-0.2, 0) is 0 Å². The number of rotatable bonds is 3. The van der Waals surface area contributed by atoms with Crippen LogP contribution in [0.1, 0.15) is 34.2 Å². The highest BCUT2D eigenvalue weighted by Crippen LogP contribution is 2.33. The third-order valence-corrected chi connectivity index (χ3v) is 4.09. The zero-order valence-electron chi connectivity index (χ0n) is 13.5. The van der Waals surface area contributed by atoms with Crippen LogP contribution < -0.4 is 5.32 Å². The van der Waals surface area contributed by atoms with Gasteiger partial charge in [0.25, 0.3) is 5.91 Å². The summed E-state index contributed by atoms with van der Waals surface area (Å²) in [5, 5.41) is 12.9. The first-order valence-electron chi connectivity index (χ1n) is 7.76. The van der Waals surface area contributed by atoms with Crippen molar-refractivity contribution in [3.05, 3.63) is 53.1 Å². The first-order chi connectivity index (χ1) is 11.5. The van der Waals surface area contributed by atoms with E-state index < -0.39 is 6.10 Å². The van der Waals surface area contributed by atoms with Crippen molar-refractivity contribution in [3.8, 4) is 0 Å². The van der Waals surface area contributed by atoms with Crippen molar-refractivity contribution in [2.45, 2.75) is 25.5 Å². The van der Waals surface area contributed by atoms with Gasteiger partial charge in [0.05, 0.1) is 12.1 Å². The van der Waals surface area contributed by atoms with Gasteiger partial charge in [0.15, 0.2) is 0 Å². The van der Waals surface area contributed by atoms with Crippen LogP contribution in [0, 0.1) is 12.7 Å². The van der Waals surface area contributed by atoms with E-state index in [0.29, 0.717) is 18.1 Å². The van der Waals surface area contributed by atoms with Gasteiger partial charge in [-0.1, -0.05) is 12.1 Å². The summed E-state index contributed by atoms with van der Waals surface area (Å²) in [6, 6.07) is 7.31. The number of halogens is 1. The number of likely N-dealkylation sites (tertiary alicyclic amines) is 1.